The highest BCUT2D eigenvalue weighted by Gasteiger charge is 2.04. The van der Waals surface area contributed by atoms with Crippen LogP contribution in [0.2, 0.25) is 0 Å². The molecule has 0 aliphatic heterocycles. The van der Waals surface area contributed by atoms with Crippen LogP contribution in [0.4, 0.5) is 0 Å². The van der Waals surface area contributed by atoms with E-state index in [1.54, 1.807) is 11.3 Å². The van der Waals surface area contributed by atoms with Gasteiger partial charge in [0.1, 0.15) is 5.01 Å². The highest BCUT2D eigenvalue weighted by molar-refractivity contribution is 7.13. The summed E-state index contributed by atoms with van der Waals surface area (Å²) in [5.74, 6) is 0. The van der Waals surface area contributed by atoms with Gasteiger partial charge in [-0.1, -0.05) is 24.3 Å². The van der Waals surface area contributed by atoms with E-state index in [-0.39, 0.29) is 0 Å². The Morgan fingerprint density at radius 2 is 1.90 bits per heavy atom. The third kappa shape index (κ3) is 5.21. The fourth-order valence-electron chi connectivity index (χ4n) is 1.90. The molecule has 21 heavy (non-hydrogen) atoms. The van der Waals surface area contributed by atoms with Crippen LogP contribution in [0.25, 0.3) is 10.6 Å². The minimum absolute atomic E-state index is 0.615. The maximum Gasteiger partial charge on any atom is 0.123 e. The Morgan fingerprint density at radius 1 is 1.14 bits per heavy atom. The van der Waals surface area contributed by atoms with Gasteiger partial charge in [0.25, 0.3) is 0 Å². The van der Waals surface area contributed by atoms with Gasteiger partial charge in [-0.15, -0.1) is 11.3 Å². The van der Waals surface area contributed by atoms with Crippen LogP contribution in [0.1, 0.15) is 18.2 Å². The van der Waals surface area contributed by atoms with Gasteiger partial charge < -0.3 is 15.2 Å². The van der Waals surface area contributed by atoms with Gasteiger partial charge in [0, 0.05) is 24.0 Å². The van der Waals surface area contributed by atoms with E-state index in [2.05, 4.69) is 34.6 Å². The van der Waals surface area contributed by atoms with Gasteiger partial charge in [-0.2, -0.15) is 0 Å². The van der Waals surface area contributed by atoms with Crippen molar-refractivity contribution >= 4 is 11.3 Å². The standard InChI is InChI=1S/C16H22N2O2S/c1-2-19-9-10-20-11-13-3-5-14(6-4-13)16-18-15(7-8-17)12-21-16/h3-6,12H,2,7-11,17H2,1H3. The van der Waals surface area contributed by atoms with E-state index in [1.807, 2.05) is 6.92 Å². The molecule has 0 amide bonds. The van der Waals surface area contributed by atoms with Crippen LogP contribution >= 0.6 is 11.3 Å². The topological polar surface area (TPSA) is 57.4 Å². The molecule has 5 heteroatoms. The van der Waals surface area contributed by atoms with Crippen molar-refractivity contribution in [3.63, 3.8) is 0 Å². The maximum atomic E-state index is 5.55. The summed E-state index contributed by atoms with van der Waals surface area (Å²) >= 11 is 1.66. The number of rotatable bonds is 9. The minimum Gasteiger partial charge on any atom is -0.379 e. The zero-order chi connectivity index (χ0) is 14.9. The number of thiazole rings is 1. The lowest BCUT2D eigenvalue weighted by Gasteiger charge is -2.05. The maximum absolute atomic E-state index is 5.55. The first-order valence-corrected chi connectivity index (χ1v) is 8.10. The summed E-state index contributed by atoms with van der Waals surface area (Å²) in [6.07, 6.45) is 0.836. The van der Waals surface area contributed by atoms with Crippen LogP contribution in [0.15, 0.2) is 29.6 Å². The first kappa shape index (κ1) is 16.1. The molecule has 2 rings (SSSR count). The van der Waals surface area contributed by atoms with Crippen molar-refractivity contribution in [2.24, 2.45) is 5.73 Å². The molecule has 2 N–H and O–H groups in total. The van der Waals surface area contributed by atoms with Gasteiger partial charge in [0.2, 0.25) is 0 Å². The number of benzene rings is 1. The Kier molecular flexibility index (Phi) is 6.82. The average molecular weight is 306 g/mol. The van der Waals surface area contributed by atoms with Gasteiger partial charge in [0.15, 0.2) is 0 Å². The Bertz CT molecular complexity index is 525. The Hall–Kier alpha value is -1.27. The molecule has 1 heterocycles. The second kappa shape index (κ2) is 8.89. The van der Waals surface area contributed by atoms with E-state index in [0.717, 1.165) is 34.9 Å². The molecule has 0 saturated carbocycles. The summed E-state index contributed by atoms with van der Waals surface area (Å²) in [4.78, 5) is 4.59. The molecule has 0 radical (unpaired) electrons. The summed E-state index contributed by atoms with van der Waals surface area (Å²) in [6.45, 7) is 5.25. The van der Waals surface area contributed by atoms with Crippen LogP contribution < -0.4 is 5.73 Å². The van der Waals surface area contributed by atoms with E-state index < -0.39 is 0 Å². The largest absolute Gasteiger partial charge is 0.379 e. The van der Waals surface area contributed by atoms with Crippen molar-refractivity contribution < 1.29 is 9.47 Å². The number of aromatic nitrogens is 1. The second-order valence-corrected chi connectivity index (χ2v) is 5.49. The summed E-state index contributed by atoms with van der Waals surface area (Å²) in [6, 6.07) is 8.35. The highest BCUT2D eigenvalue weighted by atomic mass is 32.1. The molecule has 0 fully saturated rings. The number of nitrogens with two attached hydrogens (primary N) is 1. The van der Waals surface area contributed by atoms with Gasteiger partial charge in [-0.3, -0.25) is 0 Å². The molecular formula is C16H22N2O2S. The van der Waals surface area contributed by atoms with Crippen molar-refractivity contribution in [1.29, 1.82) is 0 Å². The van der Waals surface area contributed by atoms with Crippen LogP contribution in [0.3, 0.4) is 0 Å². The minimum atomic E-state index is 0.615. The zero-order valence-electron chi connectivity index (χ0n) is 12.4. The normalized spacial score (nSPS) is 11.0. The highest BCUT2D eigenvalue weighted by Crippen LogP contribution is 2.24. The summed E-state index contributed by atoms with van der Waals surface area (Å²) < 4.78 is 10.8. The lowest BCUT2D eigenvalue weighted by atomic mass is 10.1. The summed E-state index contributed by atoms with van der Waals surface area (Å²) in [5, 5.41) is 3.12. The lowest BCUT2D eigenvalue weighted by molar-refractivity contribution is 0.0453. The predicted molar refractivity (Wildman–Crippen MR) is 86.5 cm³/mol. The first-order chi connectivity index (χ1) is 10.3. The lowest BCUT2D eigenvalue weighted by Crippen LogP contribution is -2.03. The number of hydrogen-bond donors (Lipinski definition) is 1. The Morgan fingerprint density at radius 3 is 2.62 bits per heavy atom. The third-order valence-electron chi connectivity index (χ3n) is 3.00. The van der Waals surface area contributed by atoms with Crippen LogP contribution in [-0.4, -0.2) is 31.3 Å². The first-order valence-electron chi connectivity index (χ1n) is 7.22. The van der Waals surface area contributed by atoms with Crippen molar-refractivity contribution in [3.8, 4) is 10.6 Å². The van der Waals surface area contributed by atoms with Crippen molar-refractivity contribution in [2.45, 2.75) is 20.0 Å². The SMILES string of the molecule is CCOCCOCc1ccc(-c2nc(CCN)cs2)cc1. The number of hydrogen-bond acceptors (Lipinski definition) is 5. The van der Waals surface area contributed by atoms with E-state index >= 15 is 0 Å². The number of nitrogens with zero attached hydrogens (tertiary/aromatic N) is 1. The Labute approximate surface area is 129 Å². The van der Waals surface area contributed by atoms with Crippen LogP contribution in [0.5, 0.6) is 0 Å². The average Bonchev–Trinajstić information content (AvgIpc) is 2.97. The molecule has 114 valence electrons. The predicted octanol–water partition coefficient (Wildman–Crippen LogP) is 2.86. The Balaban J connectivity index is 1.86. The summed E-state index contributed by atoms with van der Waals surface area (Å²) in [5.41, 5.74) is 8.92. The monoisotopic (exact) mass is 306 g/mol. The van der Waals surface area contributed by atoms with E-state index in [9.17, 15) is 0 Å². The molecule has 0 saturated heterocycles. The molecule has 1 aromatic heterocycles. The van der Waals surface area contributed by atoms with Gasteiger partial charge >= 0.3 is 0 Å². The fraction of sp³-hybridized carbons (Fsp3) is 0.438. The molecule has 2 aromatic rings. The van der Waals surface area contributed by atoms with E-state index in [1.165, 1.54) is 0 Å². The van der Waals surface area contributed by atoms with Gasteiger partial charge in [-0.05, 0) is 19.0 Å². The van der Waals surface area contributed by atoms with E-state index in [4.69, 9.17) is 15.2 Å². The van der Waals surface area contributed by atoms with Crippen LogP contribution in [0, 0.1) is 0 Å². The quantitative estimate of drug-likeness (QED) is 0.724. The molecule has 0 atom stereocenters. The molecule has 0 unspecified atom stereocenters. The molecule has 0 aliphatic rings. The fourth-order valence-corrected chi connectivity index (χ4v) is 2.76. The number of ether oxygens (including phenoxy) is 2. The molecule has 0 aliphatic carbocycles. The smallest absolute Gasteiger partial charge is 0.123 e. The van der Waals surface area contributed by atoms with Crippen LogP contribution in [-0.2, 0) is 22.5 Å². The second-order valence-electron chi connectivity index (χ2n) is 4.63. The van der Waals surface area contributed by atoms with Gasteiger partial charge in [0.05, 0.1) is 25.5 Å². The molecule has 0 bridgehead atoms. The molecular weight excluding hydrogens is 284 g/mol. The summed E-state index contributed by atoms with van der Waals surface area (Å²) in [7, 11) is 0. The van der Waals surface area contributed by atoms with Crippen molar-refractivity contribution in [2.75, 3.05) is 26.4 Å². The van der Waals surface area contributed by atoms with Crippen molar-refractivity contribution in [3.05, 3.63) is 40.9 Å². The van der Waals surface area contributed by atoms with E-state index in [0.29, 0.717) is 26.4 Å². The van der Waals surface area contributed by atoms with Gasteiger partial charge in [-0.25, -0.2) is 4.98 Å². The third-order valence-corrected chi connectivity index (χ3v) is 3.94. The molecule has 0 spiro atoms. The zero-order valence-corrected chi connectivity index (χ0v) is 13.2. The molecule has 1 aromatic carbocycles. The van der Waals surface area contributed by atoms with Crippen molar-refractivity contribution in [1.82, 2.24) is 4.98 Å². The molecule has 4 nitrogen and oxygen atoms in total.